The molecule has 0 aliphatic carbocycles. The Bertz CT molecular complexity index is 268. The summed E-state index contributed by atoms with van der Waals surface area (Å²) in [4.78, 5) is 18.0. The normalized spacial score (nSPS) is 11.5. The molecule has 5 nitrogen and oxygen atoms in total. The lowest BCUT2D eigenvalue weighted by Gasteiger charge is -2.03. The molecule has 72 valence electrons. The highest BCUT2D eigenvalue weighted by molar-refractivity contribution is 5.85. The second-order valence-corrected chi connectivity index (χ2v) is 2.35. The maximum absolute atomic E-state index is 10.3. The number of aliphatic carboxylic acids is 1. The molecular weight excluding hydrogens is 194 g/mol. The van der Waals surface area contributed by atoms with E-state index in [2.05, 4.69) is 9.97 Å². The van der Waals surface area contributed by atoms with Crippen LogP contribution >= 0.6 is 12.4 Å². The van der Waals surface area contributed by atoms with Crippen LogP contribution in [0.25, 0.3) is 0 Å². The van der Waals surface area contributed by atoms with Crippen molar-refractivity contribution in [2.75, 3.05) is 0 Å². The molecule has 6 heteroatoms. The maximum Gasteiger partial charge on any atom is 0.320 e. The van der Waals surface area contributed by atoms with Crippen LogP contribution < -0.4 is 5.73 Å². The first-order chi connectivity index (χ1) is 5.70. The van der Waals surface area contributed by atoms with Crippen molar-refractivity contribution in [2.45, 2.75) is 12.5 Å². The SMILES string of the molecule is Cl.NC(Cc1cnccn1)C(=O)O. The predicted molar refractivity (Wildman–Crippen MR) is 48.6 cm³/mol. The molecule has 3 N–H and O–H groups in total. The highest BCUT2D eigenvalue weighted by Crippen LogP contribution is 1.94. The Morgan fingerprint density at radius 1 is 1.62 bits per heavy atom. The van der Waals surface area contributed by atoms with E-state index in [1.165, 1.54) is 18.6 Å². The molecule has 0 aromatic carbocycles. The molecule has 1 atom stereocenters. The monoisotopic (exact) mass is 203 g/mol. The summed E-state index contributed by atoms with van der Waals surface area (Å²) in [7, 11) is 0. The Morgan fingerprint density at radius 3 is 2.77 bits per heavy atom. The molecule has 0 aliphatic heterocycles. The summed E-state index contributed by atoms with van der Waals surface area (Å²) in [6.07, 6.45) is 4.74. The van der Waals surface area contributed by atoms with Gasteiger partial charge in [0.15, 0.2) is 0 Å². The van der Waals surface area contributed by atoms with Gasteiger partial charge in [0.2, 0.25) is 0 Å². The van der Waals surface area contributed by atoms with Gasteiger partial charge in [-0.15, -0.1) is 12.4 Å². The van der Waals surface area contributed by atoms with Crippen LogP contribution in [-0.2, 0) is 11.2 Å². The van der Waals surface area contributed by atoms with Gasteiger partial charge in [-0.3, -0.25) is 14.8 Å². The molecule has 0 aliphatic rings. The molecular formula is C7H10ClN3O2. The van der Waals surface area contributed by atoms with Gasteiger partial charge in [-0.2, -0.15) is 0 Å². The second-order valence-electron chi connectivity index (χ2n) is 2.35. The van der Waals surface area contributed by atoms with E-state index in [4.69, 9.17) is 10.8 Å². The van der Waals surface area contributed by atoms with E-state index in [0.717, 1.165) is 0 Å². The summed E-state index contributed by atoms with van der Waals surface area (Å²) in [6.45, 7) is 0. The van der Waals surface area contributed by atoms with E-state index in [9.17, 15) is 4.79 Å². The van der Waals surface area contributed by atoms with Gasteiger partial charge in [0.1, 0.15) is 6.04 Å². The van der Waals surface area contributed by atoms with Gasteiger partial charge in [-0.25, -0.2) is 0 Å². The van der Waals surface area contributed by atoms with Gasteiger partial charge in [0.05, 0.1) is 5.69 Å². The Kier molecular flexibility index (Phi) is 4.94. The first-order valence-corrected chi connectivity index (χ1v) is 3.43. The number of nitrogens with zero attached hydrogens (tertiary/aromatic N) is 2. The average Bonchev–Trinajstić information content (AvgIpc) is 2.06. The molecule has 0 fully saturated rings. The average molecular weight is 204 g/mol. The van der Waals surface area contributed by atoms with Crippen LogP contribution in [0.15, 0.2) is 18.6 Å². The standard InChI is InChI=1S/C7H9N3O2.ClH/c8-6(7(11)12)3-5-4-9-1-2-10-5;/h1-2,4,6H,3,8H2,(H,11,12);1H. The van der Waals surface area contributed by atoms with Crippen molar-refractivity contribution in [1.82, 2.24) is 9.97 Å². The Labute approximate surface area is 81.4 Å². The molecule has 1 aromatic heterocycles. The van der Waals surface area contributed by atoms with Crippen molar-refractivity contribution in [3.63, 3.8) is 0 Å². The molecule has 0 amide bonds. The molecule has 0 spiro atoms. The lowest BCUT2D eigenvalue weighted by molar-refractivity contribution is -0.138. The molecule has 1 heterocycles. The smallest absolute Gasteiger partial charge is 0.320 e. The van der Waals surface area contributed by atoms with E-state index < -0.39 is 12.0 Å². The third-order valence-corrected chi connectivity index (χ3v) is 1.36. The van der Waals surface area contributed by atoms with Crippen LogP contribution in [0.4, 0.5) is 0 Å². The van der Waals surface area contributed by atoms with Crippen LogP contribution in [0.2, 0.25) is 0 Å². The van der Waals surface area contributed by atoms with E-state index in [1.807, 2.05) is 0 Å². The van der Waals surface area contributed by atoms with E-state index in [1.54, 1.807) is 0 Å². The zero-order valence-electron chi connectivity index (χ0n) is 6.75. The maximum atomic E-state index is 10.3. The fourth-order valence-electron chi connectivity index (χ4n) is 0.748. The number of halogens is 1. The number of rotatable bonds is 3. The van der Waals surface area contributed by atoms with Crippen molar-refractivity contribution >= 4 is 18.4 Å². The van der Waals surface area contributed by atoms with E-state index >= 15 is 0 Å². The summed E-state index contributed by atoms with van der Waals surface area (Å²) in [5.41, 5.74) is 5.87. The molecule has 1 aromatic rings. The Morgan fingerprint density at radius 2 is 2.31 bits per heavy atom. The third-order valence-electron chi connectivity index (χ3n) is 1.36. The first kappa shape index (κ1) is 11.8. The molecule has 0 saturated carbocycles. The summed E-state index contributed by atoms with van der Waals surface area (Å²) in [6, 6.07) is -0.901. The van der Waals surface area contributed by atoms with Gasteiger partial charge in [-0.1, -0.05) is 0 Å². The molecule has 13 heavy (non-hydrogen) atoms. The molecule has 1 rings (SSSR count). The Balaban J connectivity index is 0.00000144. The molecule has 1 unspecified atom stereocenters. The van der Waals surface area contributed by atoms with Crippen molar-refractivity contribution < 1.29 is 9.90 Å². The van der Waals surface area contributed by atoms with Crippen molar-refractivity contribution in [3.8, 4) is 0 Å². The first-order valence-electron chi connectivity index (χ1n) is 3.43. The topological polar surface area (TPSA) is 89.1 Å². The number of carboxylic acid groups (broad SMARTS) is 1. The van der Waals surface area contributed by atoms with Crippen LogP contribution in [0.5, 0.6) is 0 Å². The molecule has 0 saturated heterocycles. The number of hydrogen-bond donors (Lipinski definition) is 2. The second kappa shape index (κ2) is 5.45. The van der Waals surface area contributed by atoms with Crippen LogP contribution in [-0.4, -0.2) is 27.1 Å². The number of nitrogens with two attached hydrogens (primary N) is 1. The largest absolute Gasteiger partial charge is 0.480 e. The number of carboxylic acids is 1. The fraction of sp³-hybridized carbons (Fsp3) is 0.286. The zero-order chi connectivity index (χ0) is 8.97. The Hall–Kier alpha value is -1.20. The van der Waals surface area contributed by atoms with Crippen molar-refractivity contribution in [1.29, 1.82) is 0 Å². The quantitative estimate of drug-likeness (QED) is 0.714. The summed E-state index contributed by atoms with van der Waals surface area (Å²) < 4.78 is 0. The van der Waals surface area contributed by atoms with Gasteiger partial charge in [0, 0.05) is 25.0 Å². The summed E-state index contributed by atoms with van der Waals surface area (Å²) in [5, 5.41) is 8.47. The highest BCUT2D eigenvalue weighted by Gasteiger charge is 2.12. The van der Waals surface area contributed by atoms with Crippen LogP contribution in [0.1, 0.15) is 5.69 Å². The third kappa shape index (κ3) is 3.82. The van der Waals surface area contributed by atoms with E-state index in [0.29, 0.717) is 5.69 Å². The minimum atomic E-state index is -1.03. The minimum Gasteiger partial charge on any atom is -0.480 e. The lowest BCUT2D eigenvalue weighted by Crippen LogP contribution is -2.32. The lowest BCUT2D eigenvalue weighted by atomic mass is 10.2. The molecule has 0 radical (unpaired) electrons. The van der Waals surface area contributed by atoms with Gasteiger partial charge in [-0.05, 0) is 0 Å². The summed E-state index contributed by atoms with van der Waals surface area (Å²) in [5.74, 6) is -1.03. The fourth-order valence-corrected chi connectivity index (χ4v) is 0.748. The predicted octanol–water partition coefficient (Wildman–Crippen LogP) is -0.147. The van der Waals surface area contributed by atoms with Crippen LogP contribution in [0, 0.1) is 0 Å². The van der Waals surface area contributed by atoms with Crippen LogP contribution in [0.3, 0.4) is 0 Å². The van der Waals surface area contributed by atoms with Gasteiger partial charge in [0.25, 0.3) is 0 Å². The number of carbonyl (C=O) groups is 1. The van der Waals surface area contributed by atoms with E-state index in [-0.39, 0.29) is 18.8 Å². The molecule has 0 bridgehead atoms. The van der Waals surface area contributed by atoms with Crippen molar-refractivity contribution in [2.24, 2.45) is 5.73 Å². The minimum absolute atomic E-state index is 0. The zero-order valence-corrected chi connectivity index (χ0v) is 7.57. The van der Waals surface area contributed by atoms with Gasteiger partial charge < -0.3 is 10.8 Å². The summed E-state index contributed by atoms with van der Waals surface area (Å²) >= 11 is 0. The number of hydrogen-bond acceptors (Lipinski definition) is 4. The highest BCUT2D eigenvalue weighted by atomic mass is 35.5. The number of aromatic nitrogens is 2. The van der Waals surface area contributed by atoms with Crippen molar-refractivity contribution in [3.05, 3.63) is 24.3 Å². The van der Waals surface area contributed by atoms with Gasteiger partial charge >= 0.3 is 5.97 Å².